The zero-order valence-electron chi connectivity index (χ0n) is 2.92. The van der Waals surface area contributed by atoms with E-state index in [2.05, 4.69) is 0 Å². The quantitative estimate of drug-likeness (QED) is 0.229. The molecule has 0 saturated heterocycles. The van der Waals surface area contributed by atoms with E-state index >= 15 is 0 Å². The van der Waals surface area contributed by atoms with Crippen LogP contribution in [0.3, 0.4) is 0 Å². The van der Waals surface area contributed by atoms with E-state index in [0.717, 1.165) is 0 Å². The highest BCUT2D eigenvalue weighted by molar-refractivity contribution is 5.75. The fourth-order valence-electron chi connectivity index (χ4n) is 0. The van der Waals surface area contributed by atoms with Gasteiger partial charge in [0.25, 0.3) is 5.09 Å². The van der Waals surface area contributed by atoms with E-state index < -0.39 is 5.09 Å². The Morgan fingerprint density at radius 3 is 1.67 bits per heavy atom. The lowest BCUT2D eigenvalue weighted by Gasteiger charge is -1.56. The maximum absolute atomic E-state index is 8.36. The average Bonchev–Trinajstić information content (AvgIpc) is 0.811. The monoisotopic (exact) mass is 105 g/mol. The number of rotatable bonds is 0. The van der Waals surface area contributed by atoms with Crippen molar-refractivity contribution in [2.24, 2.45) is 0 Å². The number of hydrogen-bond donors (Lipinski definition) is 1. The van der Waals surface area contributed by atoms with Crippen LogP contribution >= 0.6 is 0 Å². The standard InChI is InChI=1S/Mg.HNO3.H2O/c;2-1(3)4;/h;(H,2,3,4);1H2. The minimum absolute atomic E-state index is 0. The molecule has 0 rings (SSSR count). The molecule has 3 N–H and O–H groups in total. The molecule has 0 aliphatic rings. The minimum atomic E-state index is -1.50. The maximum atomic E-state index is 8.36. The van der Waals surface area contributed by atoms with Crippen LogP contribution in [0.15, 0.2) is 0 Å². The smallest absolute Gasteiger partial charge is 0.291 e. The summed E-state index contributed by atoms with van der Waals surface area (Å²) < 4.78 is 0. The van der Waals surface area contributed by atoms with Gasteiger partial charge in [-0.25, -0.2) is 0 Å². The van der Waals surface area contributed by atoms with E-state index in [-0.39, 0.29) is 28.5 Å². The highest BCUT2D eigenvalue weighted by Crippen LogP contribution is 1.38. The van der Waals surface area contributed by atoms with Crippen LogP contribution in [0, 0.1) is 10.1 Å². The summed E-state index contributed by atoms with van der Waals surface area (Å²) in [5, 5.41) is 13.6. The van der Waals surface area contributed by atoms with Crippen molar-refractivity contribution in [3.8, 4) is 0 Å². The third-order valence-electron chi connectivity index (χ3n) is 0. The lowest BCUT2D eigenvalue weighted by molar-refractivity contribution is -0.742. The fourth-order valence-corrected chi connectivity index (χ4v) is 0. The molecule has 0 spiro atoms. The van der Waals surface area contributed by atoms with Crippen LogP contribution in [0.5, 0.6) is 0 Å². The van der Waals surface area contributed by atoms with Gasteiger partial charge in [0.1, 0.15) is 0 Å². The first-order valence-corrected chi connectivity index (χ1v) is 0.565. The third-order valence-corrected chi connectivity index (χ3v) is 0. The van der Waals surface area contributed by atoms with Gasteiger partial charge in [0, 0.05) is 23.1 Å². The molecule has 0 aliphatic heterocycles. The van der Waals surface area contributed by atoms with Gasteiger partial charge in [-0.15, -0.1) is 10.1 Å². The van der Waals surface area contributed by atoms with Crippen LogP contribution in [-0.4, -0.2) is 38.8 Å². The Kier molecular flexibility index (Phi) is 24.8. The Morgan fingerprint density at radius 1 is 1.67 bits per heavy atom. The second kappa shape index (κ2) is 8.87. The van der Waals surface area contributed by atoms with E-state index in [1.807, 2.05) is 0 Å². The topological polar surface area (TPSA) is 94.9 Å². The molecule has 0 aromatic carbocycles. The van der Waals surface area contributed by atoms with Crippen molar-refractivity contribution < 1.29 is 15.8 Å². The molecule has 6 heteroatoms. The number of nitrogens with zero attached hydrogens (tertiary/aromatic N) is 1. The summed E-state index contributed by atoms with van der Waals surface area (Å²) in [6, 6.07) is 0. The molecule has 0 aliphatic carbocycles. The first-order valence-electron chi connectivity index (χ1n) is 0.565. The molecule has 0 atom stereocenters. The Hall–Kier alpha value is -0.0738. The maximum Gasteiger partial charge on any atom is 0.291 e. The Morgan fingerprint density at radius 2 is 1.67 bits per heavy atom. The first-order chi connectivity index (χ1) is 1.73. The molecule has 34 valence electrons. The highest BCUT2D eigenvalue weighted by atomic mass is 24.3. The SMILES string of the molecule is O.O=[N+]([O-])O.[Mg]. The minimum Gasteiger partial charge on any atom is -0.412 e. The van der Waals surface area contributed by atoms with Gasteiger partial charge in [-0.1, -0.05) is 0 Å². The van der Waals surface area contributed by atoms with Crippen molar-refractivity contribution in [2.45, 2.75) is 0 Å². The van der Waals surface area contributed by atoms with Crippen molar-refractivity contribution in [1.29, 1.82) is 0 Å². The van der Waals surface area contributed by atoms with Crippen LogP contribution in [0.25, 0.3) is 0 Å². The second-order valence-electron chi connectivity index (χ2n) is 0.238. The second-order valence-corrected chi connectivity index (χ2v) is 0.238. The van der Waals surface area contributed by atoms with Crippen molar-refractivity contribution in [1.82, 2.24) is 0 Å². The number of hydrogen-bond acceptors (Lipinski definition) is 2. The molecule has 2 radical (unpaired) electrons. The Bertz CT molecular complexity index is 30.5. The highest BCUT2D eigenvalue weighted by Gasteiger charge is 1.65. The average molecular weight is 105 g/mol. The van der Waals surface area contributed by atoms with Crippen LogP contribution in [0.1, 0.15) is 0 Å². The molecule has 0 aromatic heterocycles. The lowest BCUT2D eigenvalue weighted by Crippen LogP contribution is -1.81. The van der Waals surface area contributed by atoms with Gasteiger partial charge in [-0.05, 0) is 0 Å². The van der Waals surface area contributed by atoms with Gasteiger partial charge >= 0.3 is 0 Å². The van der Waals surface area contributed by atoms with E-state index in [0.29, 0.717) is 0 Å². The van der Waals surface area contributed by atoms with Gasteiger partial charge < -0.3 is 10.7 Å². The van der Waals surface area contributed by atoms with E-state index in [9.17, 15) is 0 Å². The Labute approximate surface area is 49.5 Å². The predicted molar refractivity (Wildman–Crippen MR) is 18.1 cm³/mol. The molecular weight excluding hydrogens is 102 g/mol. The van der Waals surface area contributed by atoms with Crippen LogP contribution in [0.4, 0.5) is 0 Å². The molecular formula is H3MgNO4. The van der Waals surface area contributed by atoms with Crippen molar-refractivity contribution in [2.75, 3.05) is 0 Å². The molecule has 5 nitrogen and oxygen atoms in total. The normalized spacial score (nSPS) is 4.00. The summed E-state index contributed by atoms with van der Waals surface area (Å²) in [5.41, 5.74) is 0. The van der Waals surface area contributed by atoms with Gasteiger partial charge in [0.2, 0.25) is 0 Å². The van der Waals surface area contributed by atoms with Crippen molar-refractivity contribution >= 4 is 23.1 Å². The summed E-state index contributed by atoms with van der Waals surface area (Å²) in [4.78, 5) is 8.36. The van der Waals surface area contributed by atoms with Gasteiger partial charge in [-0.3, -0.25) is 0 Å². The molecule has 0 aromatic rings. The molecule has 0 heterocycles. The van der Waals surface area contributed by atoms with Crippen LogP contribution in [-0.2, 0) is 0 Å². The lowest BCUT2D eigenvalue weighted by atomic mass is 13.1. The van der Waals surface area contributed by atoms with Gasteiger partial charge in [0.15, 0.2) is 0 Å². The first kappa shape index (κ1) is 16.8. The Balaban J connectivity index is -0.0000000450. The third kappa shape index (κ3) is 6180. The zero-order valence-corrected chi connectivity index (χ0v) is 4.33. The van der Waals surface area contributed by atoms with E-state index in [1.54, 1.807) is 0 Å². The van der Waals surface area contributed by atoms with Crippen molar-refractivity contribution in [3.05, 3.63) is 10.1 Å². The summed E-state index contributed by atoms with van der Waals surface area (Å²) >= 11 is 0. The van der Waals surface area contributed by atoms with E-state index in [4.69, 9.17) is 15.3 Å². The summed E-state index contributed by atoms with van der Waals surface area (Å²) in [6.45, 7) is 0. The zero-order chi connectivity index (χ0) is 3.58. The molecule has 0 saturated carbocycles. The van der Waals surface area contributed by atoms with Crippen LogP contribution < -0.4 is 0 Å². The molecule has 0 fully saturated rings. The van der Waals surface area contributed by atoms with Crippen molar-refractivity contribution in [3.63, 3.8) is 0 Å². The van der Waals surface area contributed by atoms with Gasteiger partial charge in [0.05, 0.1) is 0 Å². The largest absolute Gasteiger partial charge is 0.412 e. The predicted octanol–water partition coefficient (Wildman–Crippen LogP) is -1.55. The molecule has 0 bridgehead atoms. The summed E-state index contributed by atoms with van der Waals surface area (Å²) in [7, 11) is 0. The fraction of sp³-hybridized carbons (Fsp3) is 0. The summed E-state index contributed by atoms with van der Waals surface area (Å²) in [6.07, 6.45) is 0. The molecule has 0 unspecified atom stereocenters. The summed E-state index contributed by atoms with van der Waals surface area (Å²) in [5.74, 6) is 0. The van der Waals surface area contributed by atoms with E-state index in [1.165, 1.54) is 0 Å². The molecule has 0 amide bonds. The van der Waals surface area contributed by atoms with Crippen LogP contribution in [0.2, 0.25) is 0 Å². The molecule has 6 heavy (non-hydrogen) atoms. The van der Waals surface area contributed by atoms with Gasteiger partial charge in [-0.2, -0.15) is 0 Å².